The Bertz CT molecular complexity index is 876. The fraction of sp³-hybridized carbons (Fsp3) is 0.878. The van der Waals surface area contributed by atoms with Crippen molar-refractivity contribution in [3.05, 3.63) is 24.3 Å². The van der Waals surface area contributed by atoms with Crippen molar-refractivity contribution in [1.29, 1.82) is 0 Å². The number of aliphatic hydroxyl groups is 1. The highest BCUT2D eigenvalue weighted by Crippen LogP contribution is 2.43. The molecule has 50 heavy (non-hydrogen) atoms. The Kier molecular flexibility index (Phi) is 33.1. The minimum atomic E-state index is -4.33. The van der Waals surface area contributed by atoms with Crippen molar-refractivity contribution in [1.82, 2.24) is 5.32 Å². The maximum atomic E-state index is 12.8. The van der Waals surface area contributed by atoms with Crippen molar-refractivity contribution >= 4 is 13.7 Å². The standard InChI is InChI=1S/C41H81N2O6P/c1-6-8-10-12-14-16-18-20-21-23-25-27-29-31-33-35-41(45)42-39(38-49-50(46,47)48-37-36-43(3,4)5)40(44)34-32-30-28-26-24-22-19-17-15-13-11-9-7-2/h20-21,32,34,39-40,44H,6-19,22-31,33,35-38H2,1-5H3,(H-,42,45,46,47)/p+1/t39-,40+/m0/s1. The first-order valence-electron chi connectivity index (χ1n) is 20.7. The number of quaternary nitrogens is 1. The molecular formula is C41H82N2O6P+. The van der Waals surface area contributed by atoms with Crippen LogP contribution < -0.4 is 5.32 Å². The molecule has 0 radical (unpaired) electrons. The van der Waals surface area contributed by atoms with Gasteiger partial charge in [-0.25, -0.2) is 4.57 Å². The molecule has 0 aliphatic rings. The molecule has 9 heteroatoms. The second kappa shape index (κ2) is 33.8. The summed E-state index contributed by atoms with van der Waals surface area (Å²) >= 11 is 0. The Morgan fingerprint density at radius 1 is 0.660 bits per heavy atom. The molecule has 0 bridgehead atoms. The van der Waals surface area contributed by atoms with E-state index in [9.17, 15) is 19.4 Å². The maximum absolute atomic E-state index is 12.8. The van der Waals surface area contributed by atoms with Crippen LogP contribution in [0.2, 0.25) is 0 Å². The summed E-state index contributed by atoms with van der Waals surface area (Å²) in [6.45, 7) is 4.79. The number of nitrogens with zero attached hydrogens (tertiary/aromatic N) is 1. The summed E-state index contributed by atoms with van der Waals surface area (Å²) in [4.78, 5) is 23.0. The second-order valence-corrected chi connectivity index (χ2v) is 16.8. The molecule has 0 rings (SSSR count). The number of unbranched alkanes of at least 4 members (excludes halogenated alkanes) is 22. The highest BCUT2D eigenvalue weighted by Gasteiger charge is 2.27. The van der Waals surface area contributed by atoms with Crippen LogP contribution in [0.1, 0.15) is 181 Å². The molecule has 296 valence electrons. The number of likely N-dealkylation sites (N-methyl/N-ethyl adjacent to an activating group) is 1. The molecule has 0 aromatic carbocycles. The van der Waals surface area contributed by atoms with Gasteiger partial charge in [0.2, 0.25) is 5.91 Å². The molecule has 0 heterocycles. The topological polar surface area (TPSA) is 105 Å². The van der Waals surface area contributed by atoms with Gasteiger partial charge in [0.05, 0.1) is 39.9 Å². The Balaban J connectivity index is 4.50. The number of phosphoric ester groups is 1. The van der Waals surface area contributed by atoms with E-state index in [0.717, 1.165) is 51.4 Å². The number of nitrogens with one attached hydrogen (secondary N) is 1. The molecular weight excluding hydrogens is 647 g/mol. The van der Waals surface area contributed by atoms with E-state index < -0.39 is 20.0 Å². The van der Waals surface area contributed by atoms with Crippen molar-refractivity contribution < 1.29 is 32.9 Å². The highest BCUT2D eigenvalue weighted by molar-refractivity contribution is 7.47. The lowest BCUT2D eigenvalue weighted by molar-refractivity contribution is -0.870. The first-order valence-corrected chi connectivity index (χ1v) is 22.2. The highest BCUT2D eigenvalue weighted by atomic mass is 31.2. The molecule has 3 N–H and O–H groups in total. The normalized spacial score (nSPS) is 14.8. The largest absolute Gasteiger partial charge is 0.472 e. The summed E-state index contributed by atoms with van der Waals surface area (Å²) in [5.74, 6) is -0.187. The zero-order valence-electron chi connectivity index (χ0n) is 33.4. The summed E-state index contributed by atoms with van der Waals surface area (Å²) in [6.07, 6.45) is 38.0. The summed E-state index contributed by atoms with van der Waals surface area (Å²) in [6, 6.07) is -0.846. The van der Waals surface area contributed by atoms with Gasteiger partial charge < -0.3 is 19.8 Å². The van der Waals surface area contributed by atoms with E-state index in [1.807, 2.05) is 27.2 Å². The molecule has 8 nitrogen and oxygen atoms in total. The molecule has 0 saturated carbocycles. The van der Waals surface area contributed by atoms with Crippen LogP contribution in [-0.2, 0) is 18.4 Å². The number of rotatable bonds is 37. The fourth-order valence-corrected chi connectivity index (χ4v) is 6.53. The van der Waals surface area contributed by atoms with Gasteiger partial charge in [0.1, 0.15) is 13.2 Å². The van der Waals surface area contributed by atoms with Crippen LogP contribution in [0.4, 0.5) is 0 Å². The van der Waals surface area contributed by atoms with Gasteiger partial charge in [0.15, 0.2) is 0 Å². The van der Waals surface area contributed by atoms with Crippen LogP contribution in [0.25, 0.3) is 0 Å². The quantitative estimate of drug-likeness (QED) is 0.0254. The molecule has 0 fully saturated rings. The average Bonchev–Trinajstić information content (AvgIpc) is 3.06. The van der Waals surface area contributed by atoms with Crippen LogP contribution in [0, 0.1) is 0 Å². The number of hydrogen-bond donors (Lipinski definition) is 3. The van der Waals surface area contributed by atoms with Gasteiger partial charge in [-0.2, -0.15) is 0 Å². The predicted molar refractivity (Wildman–Crippen MR) is 212 cm³/mol. The van der Waals surface area contributed by atoms with Gasteiger partial charge in [0, 0.05) is 6.42 Å². The van der Waals surface area contributed by atoms with Crippen LogP contribution in [0.15, 0.2) is 24.3 Å². The molecule has 1 amide bonds. The molecule has 0 aromatic rings. The third-order valence-electron chi connectivity index (χ3n) is 9.17. The van der Waals surface area contributed by atoms with E-state index in [1.54, 1.807) is 6.08 Å². The summed E-state index contributed by atoms with van der Waals surface area (Å²) in [7, 11) is 1.57. The lowest BCUT2D eigenvalue weighted by atomic mass is 10.0. The SMILES string of the molecule is CCCCCCCCC=CCCCCCCCC(=O)N[C@@H](COP(=O)(O)OCC[N+](C)(C)C)[C@H](O)C=CCCCCCCCCCCCCC. The summed E-state index contributed by atoms with van der Waals surface area (Å²) in [5.41, 5.74) is 0. The number of carbonyl (C=O) groups excluding carboxylic acids is 1. The van der Waals surface area contributed by atoms with Gasteiger partial charge in [-0.15, -0.1) is 0 Å². The summed E-state index contributed by atoms with van der Waals surface area (Å²) < 4.78 is 23.5. The van der Waals surface area contributed by atoms with E-state index in [0.29, 0.717) is 17.4 Å². The molecule has 0 saturated heterocycles. The number of hydrogen-bond acceptors (Lipinski definition) is 5. The Morgan fingerprint density at radius 3 is 1.54 bits per heavy atom. The van der Waals surface area contributed by atoms with Gasteiger partial charge >= 0.3 is 7.82 Å². The molecule has 0 spiro atoms. The third-order valence-corrected chi connectivity index (χ3v) is 10.1. The number of aliphatic hydroxyl groups excluding tert-OH is 1. The zero-order valence-corrected chi connectivity index (χ0v) is 34.3. The molecule has 1 unspecified atom stereocenters. The van der Waals surface area contributed by atoms with Crippen LogP contribution in [0.3, 0.4) is 0 Å². The second-order valence-electron chi connectivity index (χ2n) is 15.4. The lowest BCUT2D eigenvalue weighted by Crippen LogP contribution is -2.45. The predicted octanol–water partition coefficient (Wildman–Crippen LogP) is 11.0. The Hall–Kier alpha value is -1.02. The van der Waals surface area contributed by atoms with Crippen molar-refractivity contribution in [2.45, 2.75) is 193 Å². The van der Waals surface area contributed by atoms with Crippen molar-refractivity contribution in [2.24, 2.45) is 0 Å². The molecule has 0 aliphatic heterocycles. The van der Waals surface area contributed by atoms with Crippen LogP contribution in [0.5, 0.6) is 0 Å². The third kappa shape index (κ3) is 35.4. The van der Waals surface area contributed by atoms with E-state index in [2.05, 4.69) is 31.3 Å². The van der Waals surface area contributed by atoms with Crippen molar-refractivity contribution in [3.8, 4) is 0 Å². The number of allylic oxidation sites excluding steroid dienone is 3. The Labute approximate surface area is 309 Å². The molecule has 3 atom stereocenters. The fourth-order valence-electron chi connectivity index (χ4n) is 5.80. The zero-order chi connectivity index (χ0) is 37.2. The average molecular weight is 730 g/mol. The van der Waals surface area contributed by atoms with E-state index >= 15 is 0 Å². The number of carbonyl (C=O) groups is 1. The van der Waals surface area contributed by atoms with E-state index in [-0.39, 0.29) is 19.1 Å². The lowest BCUT2D eigenvalue weighted by Gasteiger charge is -2.25. The van der Waals surface area contributed by atoms with Gasteiger partial charge in [-0.1, -0.05) is 154 Å². The van der Waals surface area contributed by atoms with Crippen molar-refractivity contribution in [3.63, 3.8) is 0 Å². The molecule has 0 aromatic heterocycles. The Morgan fingerprint density at radius 2 is 1.08 bits per heavy atom. The van der Waals surface area contributed by atoms with Crippen molar-refractivity contribution in [2.75, 3.05) is 40.9 Å². The van der Waals surface area contributed by atoms with Gasteiger partial charge in [-0.3, -0.25) is 13.8 Å². The van der Waals surface area contributed by atoms with Gasteiger partial charge in [-0.05, 0) is 44.9 Å². The van der Waals surface area contributed by atoms with Gasteiger partial charge in [0.25, 0.3) is 0 Å². The van der Waals surface area contributed by atoms with Crippen LogP contribution in [-0.4, -0.2) is 73.4 Å². The minimum Gasteiger partial charge on any atom is -0.387 e. The number of phosphoric acid groups is 1. The molecule has 0 aliphatic carbocycles. The van der Waals surface area contributed by atoms with E-state index in [1.165, 1.54) is 109 Å². The maximum Gasteiger partial charge on any atom is 0.472 e. The van der Waals surface area contributed by atoms with E-state index in [4.69, 9.17) is 9.05 Å². The smallest absolute Gasteiger partial charge is 0.387 e. The monoisotopic (exact) mass is 730 g/mol. The van der Waals surface area contributed by atoms with Crippen LogP contribution >= 0.6 is 7.82 Å². The number of amides is 1. The summed E-state index contributed by atoms with van der Waals surface area (Å²) in [5, 5.41) is 13.8. The first-order chi connectivity index (χ1) is 24.0. The first kappa shape index (κ1) is 49.0. The minimum absolute atomic E-state index is 0.0607.